The molecule has 3 heteroatoms. The number of hydrogen-bond donors (Lipinski definition) is 1. The van der Waals surface area contributed by atoms with E-state index in [1.54, 1.807) is 6.07 Å². The van der Waals surface area contributed by atoms with Crippen LogP contribution in [0, 0.1) is 13.8 Å². The van der Waals surface area contributed by atoms with E-state index in [1.165, 1.54) is 16.7 Å². The van der Waals surface area contributed by atoms with Crippen molar-refractivity contribution >= 4 is 0 Å². The summed E-state index contributed by atoms with van der Waals surface area (Å²) in [6.07, 6.45) is 2.53. The van der Waals surface area contributed by atoms with Crippen molar-refractivity contribution in [2.45, 2.75) is 40.0 Å². The summed E-state index contributed by atoms with van der Waals surface area (Å²) in [4.78, 5) is 18.9. The Kier molecular flexibility index (Phi) is 4.15. The molecule has 0 saturated carbocycles. The molecule has 1 N–H and O–H groups in total. The molecule has 0 aliphatic carbocycles. The van der Waals surface area contributed by atoms with E-state index in [-0.39, 0.29) is 5.56 Å². The van der Waals surface area contributed by atoms with Crippen molar-refractivity contribution < 1.29 is 0 Å². The number of benzene rings is 1. The molecule has 0 radical (unpaired) electrons. The molecule has 0 spiro atoms. The van der Waals surface area contributed by atoms with Crippen LogP contribution in [0.5, 0.6) is 0 Å². The van der Waals surface area contributed by atoms with Crippen molar-refractivity contribution in [3.05, 3.63) is 62.8 Å². The molecule has 0 amide bonds. The van der Waals surface area contributed by atoms with Gasteiger partial charge in [0.15, 0.2) is 0 Å². The van der Waals surface area contributed by atoms with Crippen LogP contribution in [0.1, 0.15) is 41.6 Å². The van der Waals surface area contributed by atoms with E-state index in [0.717, 1.165) is 24.4 Å². The van der Waals surface area contributed by atoms with E-state index in [9.17, 15) is 4.79 Å². The zero-order chi connectivity index (χ0) is 13.8. The number of rotatable bonds is 4. The topological polar surface area (TPSA) is 45.8 Å². The molecule has 19 heavy (non-hydrogen) atoms. The normalized spacial score (nSPS) is 10.7. The zero-order valence-electron chi connectivity index (χ0n) is 11.8. The van der Waals surface area contributed by atoms with E-state index in [2.05, 4.69) is 48.9 Å². The summed E-state index contributed by atoms with van der Waals surface area (Å²) in [5, 5.41) is 0. The molecule has 1 heterocycles. The molecular formula is C16H20N2O. The standard InChI is InChI=1S/C16H20N2O/c1-4-5-14-10-16(19)18-15(17-14)9-13-7-6-11(2)12(3)8-13/h6-8,10H,4-5,9H2,1-3H3,(H,17,18,19). The SMILES string of the molecule is CCCc1cc(=O)[nH]c(Cc2ccc(C)c(C)c2)n1. The molecule has 0 atom stereocenters. The van der Waals surface area contributed by atoms with Gasteiger partial charge in [-0.2, -0.15) is 0 Å². The van der Waals surface area contributed by atoms with Crippen molar-refractivity contribution in [1.29, 1.82) is 0 Å². The summed E-state index contributed by atoms with van der Waals surface area (Å²) < 4.78 is 0. The Balaban J connectivity index is 2.27. The maximum Gasteiger partial charge on any atom is 0.251 e. The Labute approximate surface area is 113 Å². The van der Waals surface area contributed by atoms with Gasteiger partial charge in [0.05, 0.1) is 0 Å². The first-order chi connectivity index (χ1) is 9.08. The highest BCUT2D eigenvalue weighted by Crippen LogP contribution is 2.12. The fourth-order valence-corrected chi connectivity index (χ4v) is 2.14. The average molecular weight is 256 g/mol. The van der Waals surface area contributed by atoms with Crippen LogP contribution in [0.25, 0.3) is 0 Å². The molecule has 0 aliphatic rings. The minimum Gasteiger partial charge on any atom is -0.310 e. The van der Waals surface area contributed by atoms with E-state index in [1.807, 2.05) is 0 Å². The minimum atomic E-state index is -0.0581. The lowest BCUT2D eigenvalue weighted by Gasteiger charge is -2.06. The zero-order valence-corrected chi connectivity index (χ0v) is 11.8. The lowest BCUT2D eigenvalue weighted by atomic mass is 10.0. The van der Waals surface area contributed by atoms with Gasteiger partial charge in [-0.1, -0.05) is 31.5 Å². The first-order valence-electron chi connectivity index (χ1n) is 6.73. The number of aromatic nitrogens is 2. The number of nitrogens with one attached hydrogen (secondary N) is 1. The highest BCUT2D eigenvalue weighted by atomic mass is 16.1. The Morgan fingerprint density at radius 1 is 1.16 bits per heavy atom. The van der Waals surface area contributed by atoms with Gasteiger partial charge in [0.1, 0.15) is 5.82 Å². The minimum absolute atomic E-state index is 0.0581. The first kappa shape index (κ1) is 13.5. The summed E-state index contributed by atoms with van der Waals surface area (Å²) in [5.41, 5.74) is 4.55. The molecule has 100 valence electrons. The fraction of sp³-hybridized carbons (Fsp3) is 0.375. The third-order valence-corrected chi connectivity index (χ3v) is 3.29. The van der Waals surface area contributed by atoms with E-state index in [4.69, 9.17) is 0 Å². The van der Waals surface area contributed by atoms with Crippen molar-refractivity contribution in [3.63, 3.8) is 0 Å². The van der Waals surface area contributed by atoms with Gasteiger partial charge in [0, 0.05) is 18.2 Å². The molecule has 0 bridgehead atoms. The molecule has 2 aromatic rings. The molecule has 3 nitrogen and oxygen atoms in total. The van der Waals surface area contributed by atoms with E-state index >= 15 is 0 Å². The van der Waals surface area contributed by atoms with E-state index < -0.39 is 0 Å². The van der Waals surface area contributed by atoms with Crippen LogP contribution in [-0.2, 0) is 12.8 Å². The first-order valence-corrected chi connectivity index (χ1v) is 6.73. The average Bonchev–Trinajstić information content (AvgIpc) is 2.33. The largest absolute Gasteiger partial charge is 0.310 e. The molecule has 1 aromatic carbocycles. The summed E-state index contributed by atoms with van der Waals surface area (Å²) in [5.74, 6) is 0.749. The number of aryl methyl sites for hydroxylation is 3. The van der Waals surface area contributed by atoms with Crippen LogP contribution in [0.2, 0.25) is 0 Å². The third-order valence-electron chi connectivity index (χ3n) is 3.29. The van der Waals surface area contributed by atoms with Crippen molar-refractivity contribution in [1.82, 2.24) is 9.97 Å². The van der Waals surface area contributed by atoms with Crippen LogP contribution in [0.4, 0.5) is 0 Å². The Morgan fingerprint density at radius 3 is 2.63 bits per heavy atom. The van der Waals surface area contributed by atoms with Gasteiger partial charge in [-0.15, -0.1) is 0 Å². The van der Waals surface area contributed by atoms with Crippen molar-refractivity contribution in [3.8, 4) is 0 Å². The Morgan fingerprint density at radius 2 is 1.95 bits per heavy atom. The van der Waals surface area contributed by atoms with Crippen LogP contribution in [-0.4, -0.2) is 9.97 Å². The molecule has 0 aliphatic heterocycles. The second-order valence-corrected chi connectivity index (χ2v) is 5.03. The predicted molar refractivity (Wildman–Crippen MR) is 77.6 cm³/mol. The molecule has 0 unspecified atom stereocenters. The second kappa shape index (κ2) is 5.83. The van der Waals surface area contributed by atoms with Gasteiger partial charge in [0.25, 0.3) is 5.56 Å². The lowest BCUT2D eigenvalue weighted by molar-refractivity contribution is 0.831. The summed E-state index contributed by atoms with van der Waals surface area (Å²) in [6, 6.07) is 7.95. The van der Waals surface area contributed by atoms with Crippen LogP contribution in [0.15, 0.2) is 29.1 Å². The molecule has 0 saturated heterocycles. The maximum atomic E-state index is 11.6. The van der Waals surface area contributed by atoms with Gasteiger partial charge in [-0.3, -0.25) is 4.79 Å². The van der Waals surface area contributed by atoms with E-state index in [0.29, 0.717) is 6.42 Å². The second-order valence-electron chi connectivity index (χ2n) is 5.03. The highest BCUT2D eigenvalue weighted by molar-refractivity contribution is 5.31. The van der Waals surface area contributed by atoms with Gasteiger partial charge >= 0.3 is 0 Å². The maximum absolute atomic E-state index is 11.6. The number of nitrogens with zero attached hydrogens (tertiary/aromatic N) is 1. The van der Waals surface area contributed by atoms with Gasteiger partial charge < -0.3 is 4.98 Å². The molecule has 0 fully saturated rings. The molecule has 2 rings (SSSR count). The number of H-pyrrole nitrogens is 1. The summed E-state index contributed by atoms with van der Waals surface area (Å²) in [7, 11) is 0. The van der Waals surface area contributed by atoms with Gasteiger partial charge in [-0.05, 0) is 37.0 Å². The smallest absolute Gasteiger partial charge is 0.251 e. The van der Waals surface area contributed by atoms with Gasteiger partial charge in [-0.25, -0.2) is 4.98 Å². The number of hydrogen-bond acceptors (Lipinski definition) is 2. The Hall–Kier alpha value is -1.90. The lowest BCUT2D eigenvalue weighted by Crippen LogP contribution is -2.13. The Bertz CT molecular complexity index is 629. The van der Waals surface area contributed by atoms with Crippen molar-refractivity contribution in [2.24, 2.45) is 0 Å². The highest BCUT2D eigenvalue weighted by Gasteiger charge is 2.03. The fourth-order valence-electron chi connectivity index (χ4n) is 2.14. The summed E-state index contributed by atoms with van der Waals surface area (Å²) in [6.45, 7) is 6.29. The number of aromatic amines is 1. The van der Waals surface area contributed by atoms with Crippen LogP contribution >= 0.6 is 0 Å². The van der Waals surface area contributed by atoms with Crippen LogP contribution in [0.3, 0.4) is 0 Å². The third kappa shape index (κ3) is 3.53. The molecular weight excluding hydrogens is 236 g/mol. The predicted octanol–water partition coefficient (Wildman–Crippen LogP) is 2.93. The molecule has 1 aromatic heterocycles. The van der Waals surface area contributed by atoms with Gasteiger partial charge in [0.2, 0.25) is 0 Å². The quantitative estimate of drug-likeness (QED) is 0.914. The summed E-state index contributed by atoms with van der Waals surface area (Å²) >= 11 is 0. The van der Waals surface area contributed by atoms with Crippen LogP contribution < -0.4 is 5.56 Å². The monoisotopic (exact) mass is 256 g/mol. The van der Waals surface area contributed by atoms with Crippen molar-refractivity contribution in [2.75, 3.05) is 0 Å².